The van der Waals surface area contributed by atoms with Crippen LogP contribution in [-0.2, 0) is 24.0 Å². The molecule has 14 nitrogen and oxygen atoms in total. The molecule has 0 aliphatic carbocycles. The Balaban J connectivity index is 2.76. The molecule has 0 bridgehead atoms. The largest absolute Gasteiger partial charge is 0.480 e. The fourth-order valence-corrected chi connectivity index (χ4v) is 3.67. The summed E-state index contributed by atoms with van der Waals surface area (Å²) >= 11 is 4.12. The topological polar surface area (TPSA) is 249 Å². The fourth-order valence-electron chi connectivity index (χ4n) is 3.43. The van der Waals surface area contributed by atoms with Gasteiger partial charge >= 0.3 is 5.97 Å². The number of hydrogen-bond donors (Lipinski definition) is 8. The van der Waals surface area contributed by atoms with Gasteiger partial charge < -0.3 is 43.6 Å². The molecule has 34 heavy (non-hydrogen) atoms. The van der Waals surface area contributed by atoms with Gasteiger partial charge in [-0.25, -0.2) is 4.79 Å². The second-order valence-corrected chi connectivity index (χ2v) is 8.26. The number of rotatable bonds is 14. The van der Waals surface area contributed by atoms with E-state index in [9.17, 15) is 29.1 Å². The molecule has 1 fully saturated rings. The maximum absolute atomic E-state index is 13.0. The van der Waals surface area contributed by atoms with Crippen LogP contribution in [0, 0.1) is 0 Å². The van der Waals surface area contributed by atoms with Gasteiger partial charge in [0.1, 0.15) is 18.1 Å². The minimum absolute atomic E-state index is 0.0170. The summed E-state index contributed by atoms with van der Waals surface area (Å²) in [6.07, 6.45) is 1.21. The van der Waals surface area contributed by atoms with Gasteiger partial charge in [0.05, 0.1) is 6.04 Å². The van der Waals surface area contributed by atoms with Gasteiger partial charge in [-0.15, -0.1) is 0 Å². The smallest absolute Gasteiger partial charge is 0.326 e. The molecule has 192 valence electrons. The third kappa shape index (κ3) is 9.43. The molecular formula is C19H34N8O6S. The molecule has 1 rings (SSSR count). The first-order valence-corrected chi connectivity index (χ1v) is 11.4. The lowest BCUT2D eigenvalue weighted by atomic mass is 10.1. The van der Waals surface area contributed by atoms with E-state index in [1.165, 1.54) is 4.90 Å². The molecule has 1 aliphatic heterocycles. The van der Waals surface area contributed by atoms with Crippen molar-refractivity contribution < 1.29 is 29.1 Å². The predicted octanol–water partition coefficient (Wildman–Crippen LogP) is -3.39. The number of amides is 4. The van der Waals surface area contributed by atoms with Crippen molar-refractivity contribution in [2.24, 2.45) is 27.9 Å². The summed E-state index contributed by atoms with van der Waals surface area (Å²) in [7, 11) is 0. The molecule has 0 saturated carbocycles. The van der Waals surface area contributed by atoms with E-state index in [0.29, 0.717) is 19.3 Å². The second kappa shape index (κ2) is 14.2. The first kappa shape index (κ1) is 29.0. The number of nitrogens with two attached hydrogens (primary N) is 4. The van der Waals surface area contributed by atoms with Crippen LogP contribution < -0.4 is 33.6 Å². The summed E-state index contributed by atoms with van der Waals surface area (Å²) in [4.78, 5) is 65.6. The number of carbonyl (C=O) groups is 5. The van der Waals surface area contributed by atoms with E-state index >= 15 is 0 Å². The third-order valence-corrected chi connectivity index (χ3v) is 5.60. The van der Waals surface area contributed by atoms with Crippen LogP contribution in [0.5, 0.6) is 0 Å². The van der Waals surface area contributed by atoms with Gasteiger partial charge in [0.25, 0.3) is 0 Å². The van der Waals surface area contributed by atoms with Crippen LogP contribution in [0.25, 0.3) is 0 Å². The summed E-state index contributed by atoms with van der Waals surface area (Å²) in [5.74, 6) is -3.80. The number of guanidine groups is 1. The predicted molar refractivity (Wildman–Crippen MR) is 126 cm³/mol. The number of primary amides is 1. The molecular weight excluding hydrogens is 468 g/mol. The number of aliphatic imine (C=N–C) groups is 1. The lowest BCUT2D eigenvalue weighted by Crippen LogP contribution is -2.57. The molecule has 0 aromatic carbocycles. The van der Waals surface area contributed by atoms with Crippen molar-refractivity contribution in [1.29, 1.82) is 0 Å². The first-order chi connectivity index (χ1) is 16.0. The molecule has 1 aliphatic rings. The van der Waals surface area contributed by atoms with E-state index in [1.807, 2.05) is 0 Å². The van der Waals surface area contributed by atoms with Gasteiger partial charge in [0, 0.05) is 25.3 Å². The molecule has 1 saturated heterocycles. The van der Waals surface area contributed by atoms with E-state index in [4.69, 9.17) is 22.9 Å². The number of carbonyl (C=O) groups excluding carboxylic acids is 4. The zero-order valence-electron chi connectivity index (χ0n) is 18.8. The van der Waals surface area contributed by atoms with Crippen molar-refractivity contribution in [3.63, 3.8) is 0 Å². The average molecular weight is 503 g/mol. The lowest BCUT2D eigenvalue weighted by molar-refractivity contribution is -0.144. The van der Waals surface area contributed by atoms with Gasteiger partial charge in [0.2, 0.25) is 23.6 Å². The molecule has 0 aromatic rings. The Labute approximate surface area is 202 Å². The van der Waals surface area contributed by atoms with Crippen molar-refractivity contribution in [2.75, 3.05) is 18.8 Å². The Bertz CT molecular complexity index is 791. The summed E-state index contributed by atoms with van der Waals surface area (Å²) in [6.45, 7) is 0.466. The number of carboxylic acid groups (broad SMARTS) is 1. The van der Waals surface area contributed by atoms with Gasteiger partial charge in [-0.1, -0.05) is 0 Å². The van der Waals surface area contributed by atoms with Crippen LogP contribution in [0.3, 0.4) is 0 Å². The Morgan fingerprint density at radius 3 is 2.32 bits per heavy atom. The number of aliphatic carboxylic acids is 1. The average Bonchev–Trinajstić information content (AvgIpc) is 3.26. The third-order valence-electron chi connectivity index (χ3n) is 5.23. The monoisotopic (exact) mass is 502 g/mol. The van der Waals surface area contributed by atoms with Crippen molar-refractivity contribution in [2.45, 2.75) is 62.7 Å². The molecule has 4 amide bonds. The lowest BCUT2D eigenvalue weighted by Gasteiger charge is -2.29. The van der Waals surface area contributed by atoms with E-state index in [-0.39, 0.29) is 44.1 Å². The van der Waals surface area contributed by atoms with E-state index in [1.54, 1.807) is 0 Å². The quantitative estimate of drug-likeness (QED) is 0.0509. The highest BCUT2D eigenvalue weighted by atomic mass is 32.1. The molecule has 0 spiro atoms. The number of carboxylic acids is 1. The van der Waals surface area contributed by atoms with Gasteiger partial charge in [-0.05, 0) is 32.1 Å². The maximum atomic E-state index is 13.0. The van der Waals surface area contributed by atoms with Crippen molar-refractivity contribution in [3.8, 4) is 0 Å². The van der Waals surface area contributed by atoms with E-state index in [2.05, 4.69) is 28.3 Å². The van der Waals surface area contributed by atoms with Gasteiger partial charge in [0.15, 0.2) is 5.96 Å². The Morgan fingerprint density at radius 1 is 1.09 bits per heavy atom. The van der Waals surface area contributed by atoms with Crippen LogP contribution in [0.2, 0.25) is 0 Å². The summed E-state index contributed by atoms with van der Waals surface area (Å²) in [5, 5.41) is 14.4. The molecule has 0 radical (unpaired) electrons. The number of nitrogens with one attached hydrogen (secondary N) is 2. The van der Waals surface area contributed by atoms with Crippen LogP contribution in [0.1, 0.15) is 38.5 Å². The SMILES string of the molecule is NC(=O)CCC(N)C(=O)NC(CS)C(=O)N1CCCC1C(=O)NC(CCCN=C(N)N)C(=O)O. The number of likely N-dealkylation sites (tertiary alicyclic amines) is 1. The van der Waals surface area contributed by atoms with Crippen LogP contribution in [0.4, 0.5) is 0 Å². The van der Waals surface area contributed by atoms with Crippen molar-refractivity contribution >= 4 is 48.2 Å². The zero-order chi connectivity index (χ0) is 25.8. The van der Waals surface area contributed by atoms with Gasteiger partial charge in [-0.2, -0.15) is 12.6 Å². The van der Waals surface area contributed by atoms with E-state index in [0.717, 1.165) is 0 Å². The second-order valence-electron chi connectivity index (χ2n) is 7.89. The van der Waals surface area contributed by atoms with Gasteiger partial charge in [-0.3, -0.25) is 24.2 Å². The van der Waals surface area contributed by atoms with E-state index < -0.39 is 53.8 Å². The Morgan fingerprint density at radius 2 is 1.76 bits per heavy atom. The summed E-state index contributed by atoms with van der Waals surface area (Å²) < 4.78 is 0. The Hall–Kier alpha value is -3.07. The minimum atomic E-state index is -1.22. The molecule has 15 heteroatoms. The summed E-state index contributed by atoms with van der Waals surface area (Å²) in [5.41, 5.74) is 21.3. The van der Waals surface area contributed by atoms with Crippen molar-refractivity contribution in [1.82, 2.24) is 15.5 Å². The van der Waals surface area contributed by atoms with Crippen molar-refractivity contribution in [3.05, 3.63) is 0 Å². The summed E-state index contributed by atoms with van der Waals surface area (Å²) in [6, 6.07) is -4.17. The molecule has 4 atom stereocenters. The highest BCUT2D eigenvalue weighted by Crippen LogP contribution is 2.19. The molecule has 1 heterocycles. The Kier molecular flexibility index (Phi) is 12.1. The molecule has 4 unspecified atom stereocenters. The first-order valence-electron chi connectivity index (χ1n) is 10.8. The number of nitrogens with zero attached hydrogens (tertiary/aromatic N) is 2. The zero-order valence-corrected chi connectivity index (χ0v) is 19.7. The standard InChI is InChI=1S/C19H34N8O6S/c20-10(5-6-14(21)28)15(29)26-12(9-34)17(31)27-8-2-4-13(27)16(30)25-11(18(32)33)3-1-7-24-19(22)23/h10-13,34H,1-9,20H2,(H2,21,28)(H,25,30)(H,26,29)(H,32,33)(H4,22,23,24). The minimum Gasteiger partial charge on any atom is -0.480 e. The van der Waals surface area contributed by atoms with Crippen LogP contribution in [-0.4, -0.2) is 88.6 Å². The highest BCUT2D eigenvalue weighted by Gasteiger charge is 2.38. The highest BCUT2D eigenvalue weighted by molar-refractivity contribution is 7.80. The molecule has 11 N–H and O–H groups in total. The normalized spacial score (nSPS) is 17.8. The van der Waals surface area contributed by atoms with Crippen LogP contribution in [0.15, 0.2) is 4.99 Å². The molecule has 0 aromatic heterocycles. The number of thiol groups is 1. The van der Waals surface area contributed by atoms with Crippen LogP contribution >= 0.6 is 12.6 Å². The number of hydrogen-bond acceptors (Lipinski definition) is 8. The maximum Gasteiger partial charge on any atom is 0.326 e. The fraction of sp³-hybridized carbons (Fsp3) is 0.684.